The Balaban J connectivity index is 0.000000405. The topological polar surface area (TPSA) is 183 Å². The maximum atomic E-state index is 10.3. The van der Waals surface area contributed by atoms with Gasteiger partial charge in [-0.05, 0) is 42.9 Å². The van der Waals surface area contributed by atoms with Crippen LogP contribution in [0.2, 0.25) is 0 Å². The van der Waals surface area contributed by atoms with Gasteiger partial charge in [0, 0.05) is 19.2 Å². The summed E-state index contributed by atoms with van der Waals surface area (Å²) >= 11 is 0. The van der Waals surface area contributed by atoms with Gasteiger partial charge >= 0.3 is 17.9 Å². The fraction of sp³-hybridized carbons (Fsp3) is 0.625. The minimum absolute atomic E-state index is 0.309. The first-order chi connectivity index (χ1) is 16.4. The molecule has 1 aromatic carbocycles. The SMILES string of the molecule is CC(C)NCC(O)COc1ccc(CCOCC2CC2)cc1.O=C(O)CC(O)(CC(=O)O)C(=O)O. The van der Waals surface area contributed by atoms with Crippen molar-refractivity contribution in [3.8, 4) is 5.75 Å². The molecule has 1 fully saturated rings. The van der Waals surface area contributed by atoms with Gasteiger partial charge in [0.2, 0.25) is 0 Å². The number of aliphatic hydroxyl groups is 2. The molecule has 11 nitrogen and oxygen atoms in total. The first-order valence-electron chi connectivity index (χ1n) is 11.5. The van der Waals surface area contributed by atoms with Gasteiger partial charge in [0.1, 0.15) is 18.5 Å². The first-order valence-corrected chi connectivity index (χ1v) is 11.5. The van der Waals surface area contributed by atoms with E-state index >= 15 is 0 Å². The van der Waals surface area contributed by atoms with E-state index in [1.165, 1.54) is 18.4 Å². The maximum Gasteiger partial charge on any atom is 0.336 e. The lowest BCUT2D eigenvalue weighted by molar-refractivity contribution is -0.170. The summed E-state index contributed by atoms with van der Waals surface area (Å²) in [6.45, 7) is 6.68. The fourth-order valence-electron chi connectivity index (χ4n) is 2.81. The van der Waals surface area contributed by atoms with Crippen LogP contribution in [0.3, 0.4) is 0 Å². The van der Waals surface area contributed by atoms with E-state index < -0.39 is 42.5 Å². The number of ether oxygens (including phenoxy) is 2. The molecule has 35 heavy (non-hydrogen) atoms. The Morgan fingerprint density at radius 3 is 2.09 bits per heavy atom. The molecule has 198 valence electrons. The van der Waals surface area contributed by atoms with Gasteiger partial charge in [0.25, 0.3) is 0 Å². The second kappa shape index (κ2) is 15.3. The van der Waals surface area contributed by atoms with Crippen LogP contribution in [-0.2, 0) is 25.5 Å². The third-order valence-electron chi connectivity index (χ3n) is 5.00. The van der Waals surface area contributed by atoms with Crippen molar-refractivity contribution in [3.63, 3.8) is 0 Å². The molecule has 0 aromatic heterocycles. The minimum Gasteiger partial charge on any atom is -0.491 e. The van der Waals surface area contributed by atoms with Gasteiger partial charge in [-0.2, -0.15) is 0 Å². The maximum absolute atomic E-state index is 10.3. The molecule has 0 spiro atoms. The Labute approximate surface area is 204 Å². The number of carboxylic acid groups (broad SMARTS) is 3. The highest BCUT2D eigenvalue weighted by atomic mass is 16.5. The largest absolute Gasteiger partial charge is 0.491 e. The Bertz CT molecular complexity index is 776. The van der Waals surface area contributed by atoms with Crippen molar-refractivity contribution >= 4 is 17.9 Å². The molecule has 0 amide bonds. The van der Waals surface area contributed by atoms with Gasteiger partial charge in [-0.15, -0.1) is 0 Å². The number of aliphatic carboxylic acids is 3. The number of hydrogen-bond acceptors (Lipinski definition) is 8. The lowest BCUT2D eigenvalue weighted by atomic mass is 9.96. The van der Waals surface area contributed by atoms with Crippen molar-refractivity contribution in [3.05, 3.63) is 29.8 Å². The molecular formula is C24H37NO10. The molecule has 1 aliphatic rings. The lowest BCUT2D eigenvalue weighted by Crippen LogP contribution is -2.42. The summed E-state index contributed by atoms with van der Waals surface area (Å²) in [7, 11) is 0. The zero-order chi connectivity index (χ0) is 26.4. The number of hydrogen-bond donors (Lipinski definition) is 6. The predicted octanol–water partition coefficient (Wildman–Crippen LogP) is 1.14. The van der Waals surface area contributed by atoms with Gasteiger partial charge in [-0.1, -0.05) is 26.0 Å². The van der Waals surface area contributed by atoms with E-state index in [0.717, 1.165) is 31.3 Å². The zero-order valence-electron chi connectivity index (χ0n) is 20.2. The highest BCUT2D eigenvalue weighted by molar-refractivity contribution is 5.88. The van der Waals surface area contributed by atoms with Crippen molar-refractivity contribution < 1.29 is 49.4 Å². The van der Waals surface area contributed by atoms with E-state index in [2.05, 4.69) is 31.3 Å². The quantitative estimate of drug-likeness (QED) is 0.179. The Morgan fingerprint density at radius 1 is 1.06 bits per heavy atom. The highest BCUT2D eigenvalue weighted by Gasteiger charge is 2.40. The average molecular weight is 500 g/mol. The highest BCUT2D eigenvalue weighted by Crippen LogP contribution is 2.28. The summed E-state index contributed by atoms with van der Waals surface area (Å²) in [4.78, 5) is 30.5. The number of carboxylic acids is 3. The molecule has 0 radical (unpaired) electrons. The summed E-state index contributed by atoms with van der Waals surface area (Å²) in [6.07, 6.45) is 0.838. The number of benzene rings is 1. The molecule has 2 rings (SSSR count). The van der Waals surface area contributed by atoms with Crippen LogP contribution < -0.4 is 10.1 Å². The number of carbonyl (C=O) groups is 3. The van der Waals surface area contributed by atoms with E-state index in [9.17, 15) is 19.5 Å². The normalized spacial score (nSPS) is 14.1. The summed E-state index contributed by atoms with van der Waals surface area (Å²) in [5, 5.41) is 46.8. The molecule has 0 bridgehead atoms. The predicted molar refractivity (Wildman–Crippen MR) is 125 cm³/mol. The molecule has 1 aromatic rings. The van der Waals surface area contributed by atoms with Crippen LogP contribution in [0.4, 0.5) is 0 Å². The molecule has 1 unspecified atom stereocenters. The van der Waals surface area contributed by atoms with Crippen LogP contribution in [0.1, 0.15) is 45.1 Å². The van der Waals surface area contributed by atoms with E-state index in [0.29, 0.717) is 19.2 Å². The summed E-state index contributed by atoms with van der Waals surface area (Å²) in [5.41, 5.74) is -1.48. The number of aliphatic hydroxyl groups excluding tert-OH is 1. The second-order valence-corrected chi connectivity index (χ2v) is 8.92. The smallest absolute Gasteiger partial charge is 0.336 e. The van der Waals surface area contributed by atoms with E-state index in [-0.39, 0.29) is 0 Å². The van der Waals surface area contributed by atoms with Crippen LogP contribution in [0.25, 0.3) is 0 Å². The van der Waals surface area contributed by atoms with E-state index in [1.54, 1.807) is 0 Å². The molecule has 1 saturated carbocycles. The summed E-state index contributed by atoms with van der Waals surface area (Å²) in [5.74, 6) is -3.40. The van der Waals surface area contributed by atoms with E-state index in [1.807, 2.05) is 12.1 Å². The zero-order valence-corrected chi connectivity index (χ0v) is 20.2. The van der Waals surface area contributed by atoms with Crippen LogP contribution in [0.15, 0.2) is 24.3 Å². The average Bonchev–Trinajstić information content (AvgIpc) is 3.58. The molecule has 0 heterocycles. The molecule has 6 N–H and O–H groups in total. The molecular weight excluding hydrogens is 462 g/mol. The molecule has 1 atom stereocenters. The first kappa shape index (κ1) is 30.3. The summed E-state index contributed by atoms with van der Waals surface area (Å²) in [6, 6.07) is 8.41. The van der Waals surface area contributed by atoms with Crippen LogP contribution in [0, 0.1) is 5.92 Å². The monoisotopic (exact) mass is 499 g/mol. The van der Waals surface area contributed by atoms with Gasteiger partial charge in [0.05, 0.1) is 19.4 Å². The number of nitrogens with one attached hydrogen (secondary N) is 1. The van der Waals surface area contributed by atoms with Crippen molar-refractivity contribution in [2.24, 2.45) is 5.92 Å². The second-order valence-electron chi connectivity index (χ2n) is 8.92. The van der Waals surface area contributed by atoms with Crippen LogP contribution >= 0.6 is 0 Å². The lowest BCUT2D eigenvalue weighted by Gasteiger charge is -2.18. The van der Waals surface area contributed by atoms with Crippen LogP contribution in [-0.4, -0.2) is 87.6 Å². The molecule has 0 saturated heterocycles. The minimum atomic E-state index is -2.74. The third kappa shape index (κ3) is 14.3. The molecule has 1 aliphatic carbocycles. The van der Waals surface area contributed by atoms with Gasteiger partial charge in [0.15, 0.2) is 5.60 Å². The number of rotatable bonds is 16. The van der Waals surface area contributed by atoms with Crippen molar-refractivity contribution in [2.75, 3.05) is 26.4 Å². The standard InChI is InChI=1S/C18H29NO3.C6H8O7/c1-14(2)19-11-17(20)13-22-18-7-5-15(6-8-18)9-10-21-12-16-3-4-16;7-3(8)1-6(13,5(11)12)2-4(9)10/h5-8,14,16-17,19-20H,3-4,9-13H2,1-2H3;13H,1-2H2,(H,7,8)(H,9,10)(H,11,12). The molecule has 0 aliphatic heterocycles. The van der Waals surface area contributed by atoms with Crippen molar-refractivity contribution in [1.29, 1.82) is 0 Å². The van der Waals surface area contributed by atoms with E-state index in [4.69, 9.17) is 29.9 Å². The Hall–Kier alpha value is -2.73. The van der Waals surface area contributed by atoms with Gasteiger partial charge in [-0.25, -0.2) is 4.79 Å². The fourth-order valence-corrected chi connectivity index (χ4v) is 2.81. The van der Waals surface area contributed by atoms with Crippen molar-refractivity contribution in [2.45, 2.75) is 63.7 Å². The summed E-state index contributed by atoms with van der Waals surface area (Å²) < 4.78 is 11.2. The Morgan fingerprint density at radius 2 is 1.63 bits per heavy atom. The van der Waals surface area contributed by atoms with Gasteiger partial charge < -0.3 is 40.3 Å². The van der Waals surface area contributed by atoms with Crippen LogP contribution in [0.5, 0.6) is 5.75 Å². The van der Waals surface area contributed by atoms with Crippen molar-refractivity contribution in [1.82, 2.24) is 5.32 Å². The third-order valence-corrected chi connectivity index (χ3v) is 5.00. The molecule has 11 heteroatoms. The van der Waals surface area contributed by atoms with Gasteiger partial charge in [-0.3, -0.25) is 9.59 Å². The Kier molecular flexibility index (Phi) is 13.2.